The molecule has 3 N–H and O–H groups in total. The van der Waals surface area contributed by atoms with Crippen LogP contribution in [-0.2, 0) is 14.8 Å². The molecule has 150 valence electrons. The third-order valence-electron chi connectivity index (χ3n) is 3.52. The molecule has 0 spiro atoms. The van der Waals surface area contributed by atoms with E-state index in [0.29, 0.717) is 23.5 Å². The van der Waals surface area contributed by atoms with Crippen molar-refractivity contribution in [3.63, 3.8) is 0 Å². The van der Waals surface area contributed by atoms with Crippen LogP contribution in [0.4, 0.5) is 5.69 Å². The molecule has 0 aliphatic carbocycles. The minimum absolute atomic E-state index is 0.165. The maximum atomic E-state index is 12.0. The molecule has 0 unspecified atom stereocenters. The number of carbonyl (C=O) groups is 2. The summed E-state index contributed by atoms with van der Waals surface area (Å²) in [4.78, 5) is 23.8. The number of hydrogen-bond donors (Lipinski definition) is 3. The Hall–Kier alpha value is -3.07. The molecule has 2 aromatic rings. The van der Waals surface area contributed by atoms with Crippen molar-refractivity contribution in [2.24, 2.45) is 0 Å². The molecule has 0 aromatic heterocycles. The first kappa shape index (κ1) is 21.2. The van der Waals surface area contributed by atoms with Crippen molar-refractivity contribution < 1.29 is 22.7 Å². The number of ether oxygens (including phenoxy) is 1. The van der Waals surface area contributed by atoms with Crippen LogP contribution in [0.3, 0.4) is 0 Å². The number of sulfonamides is 1. The topological polar surface area (TPSA) is 114 Å². The smallest absolute Gasteiger partial charge is 0.251 e. The van der Waals surface area contributed by atoms with Gasteiger partial charge in [0.15, 0.2) is 0 Å². The van der Waals surface area contributed by atoms with E-state index >= 15 is 0 Å². The zero-order chi connectivity index (χ0) is 20.4. The highest BCUT2D eigenvalue weighted by molar-refractivity contribution is 7.92. The third kappa shape index (κ3) is 8.09. The summed E-state index contributed by atoms with van der Waals surface area (Å²) in [5.74, 6) is 0.231. The van der Waals surface area contributed by atoms with Gasteiger partial charge in [0.1, 0.15) is 5.75 Å². The highest BCUT2D eigenvalue weighted by atomic mass is 32.2. The van der Waals surface area contributed by atoms with E-state index < -0.39 is 10.0 Å². The van der Waals surface area contributed by atoms with Gasteiger partial charge < -0.3 is 15.4 Å². The number of rotatable bonds is 10. The Morgan fingerprint density at radius 3 is 2.21 bits per heavy atom. The lowest BCUT2D eigenvalue weighted by Gasteiger charge is -2.09. The van der Waals surface area contributed by atoms with Crippen LogP contribution < -0.4 is 20.1 Å². The summed E-state index contributed by atoms with van der Waals surface area (Å²) in [5, 5.41) is 5.38. The van der Waals surface area contributed by atoms with E-state index in [9.17, 15) is 18.0 Å². The van der Waals surface area contributed by atoms with Crippen molar-refractivity contribution in [2.45, 2.75) is 6.42 Å². The van der Waals surface area contributed by atoms with E-state index in [1.165, 1.54) is 24.3 Å². The summed E-state index contributed by atoms with van der Waals surface area (Å²) < 4.78 is 30.1. The predicted molar refractivity (Wildman–Crippen MR) is 107 cm³/mol. The van der Waals surface area contributed by atoms with Crippen LogP contribution in [0.2, 0.25) is 0 Å². The molecule has 8 nitrogen and oxygen atoms in total. The quantitative estimate of drug-likeness (QED) is 0.517. The first-order valence-electron chi connectivity index (χ1n) is 8.64. The average Bonchev–Trinajstić information content (AvgIpc) is 2.65. The molecule has 0 aliphatic rings. The molecule has 0 radical (unpaired) electrons. The molecule has 0 atom stereocenters. The molecular formula is C19H23N3O5S. The second-order valence-electron chi connectivity index (χ2n) is 5.97. The lowest BCUT2D eigenvalue weighted by atomic mass is 10.2. The van der Waals surface area contributed by atoms with E-state index in [2.05, 4.69) is 15.4 Å². The van der Waals surface area contributed by atoms with Crippen molar-refractivity contribution >= 4 is 27.5 Å². The number of para-hydroxylation sites is 1. The second-order valence-corrected chi connectivity index (χ2v) is 7.72. The van der Waals surface area contributed by atoms with E-state index in [0.717, 1.165) is 6.26 Å². The Morgan fingerprint density at radius 2 is 1.57 bits per heavy atom. The van der Waals surface area contributed by atoms with Gasteiger partial charge in [-0.25, -0.2) is 8.42 Å². The third-order valence-corrected chi connectivity index (χ3v) is 4.13. The molecule has 2 amide bonds. The van der Waals surface area contributed by atoms with Gasteiger partial charge in [-0.2, -0.15) is 0 Å². The predicted octanol–water partition coefficient (Wildman–Crippen LogP) is 1.37. The van der Waals surface area contributed by atoms with Crippen LogP contribution in [-0.4, -0.2) is 46.2 Å². The van der Waals surface area contributed by atoms with Gasteiger partial charge in [0, 0.05) is 24.3 Å². The first-order chi connectivity index (χ1) is 13.3. The van der Waals surface area contributed by atoms with Crippen LogP contribution in [0, 0.1) is 0 Å². The Balaban J connectivity index is 1.63. The van der Waals surface area contributed by atoms with Gasteiger partial charge in [0.2, 0.25) is 15.9 Å². The maximum absolute atomic E-state index is 12.0. The fourth-order valence-corrected chi connectivity index (χ4v) is 2.81. The van der Waals surface area contributed by atoms with Gasteiger partial charge in [0.25, 0.3) is 5.91 Å². The summed E-state index contributed by atoms with van der Waals surface area (Å²) in [6.45, 7) is 0.840. The molecule has 0 bridgehead atoms. The van der Waals surface area contributed by atoms with Crippen molar-refractivity contribution in [3.8, 4) is 5.75 Å². The van der Waals surface area contributed by atoms with Crippen molar-refractivity contribution in [1.29, 1.82) is 0 Å². The standard InChI is InChI=1S/C19H23N3O5S/c1-28(25,26)22-16-9-7-15(8-10-16)19(24)21-13-12-20-18(23)11-14-27-17-5-3-2-4-6-17/h2-10,22H,11-14H2,1H3,(H,20,23)(H,21,24). The largest absolute Gasteiger partial charge is 0.493 e. The molecule has 0 saturated heterocycles. The molecule has 28 heavy (non-hydrogen) atoms. The zero-order valence-electron chi connectivity index (χ0n) is 15.5. The lowest BCUT2D eigenvalue weighted by molar-refractivity contribution is -0.121. The molecule has 0 heterocycles. The fraction of sp³-hybridized carbons (Fsp3) is 0.263. The molecular weight excluding hydrogens is 382 g/mol. The highest BCUT2D eigenvalue weighted by Crippen LogP contribution is 2.11. The lowest BCUT2D eigenvalue weighted by Crippen LogP contribution is -2.35. The first-order valence-corrected chi connectivity index (χ1v) is 10.5. The van der Waals surface area contributed by atoms with Gasteiger partial charge in [0.05, 0.1) is 19.3 Å². The zero-order valence-corrected chi connectivity index (χ0v) is 16.3. The van der Waals surface area contributed by atoms with E-state index in [4.69, 9.17) is 4.74 Å². The van der Waals surface area contributed by atoms with Gasteiger partial charge in [-0.1, -0.05) is 18.2 Å². The monoisotopic (exact) mass is 405 g/mol. The van der Waals surface area contributed by atoms with Crippen molar-refractivity contribution in [1.82, 2.24) is 10.6 Å². The highest BCUT2D eigenvalue weighted by Gasteiger charge is 2.07. The number of amides is 2. The van der Waals surface area contributed by atoms with Crippen LogP contribution in [0.5, 0.6) is 5.75 Å². The van der Waals surface area contributed by atoms with Gasteiger partial charge in [-0.15, -0.1) is 0 Å². The van der Waals surface area contributed by atoms with E-state index in [1.807, 2.05) is 30.3 Å². The number of hydrogen-bond acceptors (Lipinski definition) is 5. The molecule has 0 saturated carbocycles. The summed E-state index contributed by atoms with van der Waals surface area (Å²) in [6, 6.07) is 15.3. The summed E-state index contributed by atoms with van der Waals surface area (Å²) in [7, 11) is -3.36. The summed E-state index contributed by atoms with van der Waals surface area (Å²) >= 11 is 0. The Labute approximate surface area is 164 Å². The minimum atomic E-state index is -3.36. The SMILES string of the molecule is CS(=O)(=O)Nc1ccc(C(=O)NCCNC(=O)CCOc2ccccc2)cc1. The second kappa shape index (κ2) is 10.3. The summed E-state index contributed by atoms with van der Waals surface area (Å²) in [5.41, 5.74) is 0.769. The Kier molecular flexibility index (Phi) is 7.82. The summed E-state index contributed by atoms with van der Waals surface area (Å²) in [6.07, 6.45) is 1.27. The minimum Gasteiger partial charge on any atom is -0.493 e. The van der Waals surface area contributed by atoms with Gasteiger partial charge in [-0.3, -0.25) is 14.3 Å². The van der Waals surface area contributed by atoms with Crippen LogP contribution >= 0.6 is 0 Å². The number of nitrogens with one attached hydrogen (secondary N) is 3. The molecule has 2 rings (SSSR count). The van der Waals surface area contributed by atoms with E-state index in [-0.39, 0.29) is 31.4 Å². The fourth-order valence-electron chi connectivity index (χ4n) is 2.25. The molecule has 9 heteroatoms. The molecule has 0 aliphatic heterocycles. The Bertz CT molecular complexity index is 884. The van der Waals surface area contributed by atoms with Gasteiger partial charge >= 0.3 is 0 Å². The maximum Gasteiger partial charge on any atom is 0.251 e. The van der Waals surface area contributed by atoms with Crippen molar-refractivity contribution in [3.05, 3.63) is 60.2 Å². The van der Waals surface area contributed by atoms with Crippen LogP contribution in [0.25, 0.3) is 0 Å². The number of benzene rings is 2. The van der Waals surface area contributed by atoms with Gasteiger partial charge in [-0.05, 0) is 36.4 Å². The van der Waals surface area contributed by atoms with Crippen LogP contribution in [0.15, 0.2) is 54.6 Å². The number of carbonyl (C=O) groups excluding carboxylic acids is 2. The van der Waals surface area contributed by atoms with Crippen molar-refractivity contribution in [2.75, 3.05) is 30.7 Å². The molecule has 2 aromatic carbocycles. The van der Waals surface area contributed by atoms with Crippen LogP contribution in [0.1, 0.15) is 16.8 Å². The Morgan fingerprint density at radius 1 is 0.929 bits per heavy atom. The molecule has 0 fully saturated rings. The number of anilines is 1. The average molecular weight is 405 g/mol. The van der Waals surface area contributed by atoms with E-state index in [1.54, 1.807) is 0 Å². The normalized spacial score (nSPS) is 10.8.